The lowest BCUT2D eigenvalue weighted by atomic mass is 10.2. The molecule has 0 aliphatic heterocycles. The summed E-state index contributed by atoms with van der Waals surface area (Å²) >= 11 is 1.39. The molecule has 2 aromatic rings. The number of carbonyl (C=O) groups is 1. The third-order valence-electron chi connectivity index (χ3n) is 2.93. The number of carbonyl (C=O) groups excluding carboxylic acids is 1. The van der Waals surface area contributed by atoms with Crippen molar-refractivity contribution >= 4 is 28.4 Å². The van der Waals surface area contributed by atoms with Crippen molar-refractivity contribution in [3.8, 4) is 0 Å². The van der Waals surface area contributed by atoms with Crippen LogP contribution in [0.1, 0.15) is 19.8 Å². The van der Waals surface area contributed by atoms with Crippen LogP contribution in [0.25, 0.3) is 0 Å². The number of para-hydroxylation sites is 2. The van der Waals surface area contributed by atoms with Crippen molar-refractivity contribution in [1.29, 1.82) is 0 Å². The highest BCUT2D eigenvalue weighted by Crippen LogP contribution is 2.29. The predicted molar refractivity (Wildman–Crippen MR) is 87.8 cm³/mol. The zero-order chi connectivity index (χ0) is 14.2. The summed E-state index contributed by atoms with van der Waals surface area (Å²) in [7, 11) is 0. The molecule has 2 rings (SSSR count). The van der Waals surface area contributed by atoms with E-state index in [9.17, 15) is 4.79 Å². The van der Waals surface area contributed by atoms with E-state index in [-0.39, 0.29) is 5.24 Å². The number of unbranched alkanes of at least 4 members (excludes halogenated alkanes) is 1. The van der Waals surface area contributed by atoms with Gasteiger partial charge in [-0.25, -0.2) is 0 Å². The van der Waals surface area contributed by atoms with E-state index in [1.54, 1.807) is 4.90 Å². The molecular weight excluding hydrogens is 266 g/mol. The normalized spacial score (nSPS) is 10.2. The molecule has 0 aromatic heterocycles. The van der Waals surface area contributed by atoms with Gasteiger partial charge in [-0.15, -0.1) is 0 Å². The smallest absolute Gasteiger partial charge is 0.272 e. The second kappa shape index (κ2) is 7.75. The first-order valence-electron chi connectivity index (χ1n) is 6.90. The van der Waals surface area contributed by atoms with Crippen LogP contribution < -0.4 is 4.90 Å². The molecule has 0 unspecified atom stereocenters. The summed E-state index contributed by atoms with van der Waals surface area (Å²) in [6, 6.07) is 19.6. The van der Waals surface area contributed by atoms with Crippen molar-refractivity contribution < 1.29 is 4.79 Å². The first kappa shape index (κ1) is 14.7. The molecule has 0 spiro atoms. The van der Waals surface area contributed by atoms with Crippen LogP contribution in [0.3, 0.4) is 0 Å². The second-order valence-corrected chi connectivity index (χ2v) is 5.52. The maximum Gasteiger partial charge on any atom is 0.290 e. The fourth-order valence-corrected chi connectivity index (χ4v) is 2.83. The molecule has 0 fully saturated rings. The Hall–Kier alpha value is -1.74. The van der Waals surface area contributed by atoms with Crippen molar-refractivity contribution in [3.63, 3.8) is 0 Å². The minimum Gasteiger partial charge on any atom is -0.272 e. The van der Waals surface area contributed by atoms with Gasteiger partial charge in [0.15, 0.2) is 0 Å². The van der Waals surface area contributed by atoms with E-state index >= 15 is 0 Å². The highest BCUT2D eigenvalue weighted by molar-refractivity contribution is 8.13. The molecule has 20 heavy (non-hydrogen) atoms. The summed E-state index contributed by atoms with van der Waals surface area (Å²) in [5.41, 5.74) is 1.82. The van der Waals surface area contributed by atoms with E-state index in [2.05, 4.69) is 6.92 Å². The molecule has 3 heteroatoms. The van der Waals surface area contributed by atoms with Gasteiger partial charge in [0.05, 0.1) is 0 Å². The molecule has 0 bridgehead atoms. The zero-order valence-electron chi connectivity index (χ0n) is 11.7. The molecule has 2 nitrogen and oxygen atoms in total. The van der Waals surface area contributed by atoms with Gasteiger partial charge >= 0.3 is 0 Å². The summed E-state index contributed by atoms with van der Waals surface area (Å²) in [5, 5.41) is 0.0795. The van der Waals surface area contributed by atoms with Gasteiger partial charge in [0, 0.05) is 17.1 Å². The Labute approximate surface area is 124 Å². The number of nitrogens with zero attached hydrogens (tertiary/aromatic N) is 1. The van der Waals surface area contributed by atoms with Gasteiger partial charge < -0.3 is 0 Å². The number of thioether (sulfide) groups is 1. The van der Waals surface area contributed by atoms with Crippen LogP contribution in [0.5, 0.6) is 0 Å². The highest BCUT2D eigenvalue weighted by Gasteiger charge is 2.17. The molecule has 0 radical (unpaired) electrons. The Balaban J connectivity index is 2.23. The van der Waals surface area contributed by atoms with Gasteiger partial charge in [0.1, 0.15) is 0 Å². The molecule has 0 N–H and O–H groups in total. The molecule has 1 amide bonds. The lowest BCUT2D eigenvalue weighted by Gasteiger charge is -2.22. The van der Waals surface area contributed by atoms with E-state index in [1.807, 2.05) is 60.7 Å². The summed E-state index contributed by atoms with van der Waals surface area (Å²) < 4.78 is 0. The third kappa shape index (κ3) is 3.87. The highest BCUT2D eigenvalue weighted by atomic mass is 32.2. The molecule has 0 aliphatic rings. The largest absolute Gasteiger partial charge is 0.290 e. The minimum absolute atomic E-state index is 0.0795. The fourth-order valence-electron chi connectivity index (χ4n) is 1.88. The molecule has 104 valence electrons. The number of amides is 1. The Bertz CT molecular complexity index is 488. The lowest BCUT2D eigenvalue weighted by Crippen LogP contribution is -2.21. The van der Waals surface area contributed by atoms with Crippen molar-refractivity contribution in [2.24, 2.45) is 0 Å². The summed E-state index contributed by atoms with van der Waals surface area (Å²) in [6.45, 7) is 2.14. The van der Waals surface area contributed by atoms with Gasteiger partial charge in [0.25, 0.3) is 5.24 Å². The average Bonchev–Trinajstić information content (AvgIpc) is 2.50. The Morgan fingerprint density at radius 1 is 0.950 bits per heavy atom. The van der Waals surface area contributed by atoms with Gasteiger partial charge in [-0.1, -0.05) is 61.5 Å². The summed E-state index contributed by atoms with van der Waals surface area (Å²) in [6.07, 6.45) is 2.17. The SMILES string of the molecule is CCCCSC(=O)N(c1ccccc1)c1ccccc1. The standard InChI is InChI=1S/C17H19NOS/c1-2-3-14-20-17(19)18(15-10-6-4-7-11-15)16-12-8-5-9-13-16/h4-13H,2-3,14H2,1H3. The number of hydrogen-bond acceptors (Lipinski definition) is 2. The Kier molecular flexibility index (Phi) is 5.69. The fraction of sp³-hybridized carbons (Fsp3) is 0.235. The van der Waals surface area contributed by atoms with E-state index < -0.39 is 0 Å². The van der Waals surface area contributed by atoms with Gasteiger partial charge in [-0.3, -0.25) is 9.69 Å². The van der Waals surface area contributed by atoms with Crippen LogP contribution in [0.2, 0.25) is 0 Å². The summed E-state index contributed by atoms with van der Waals surface area (Å²) in [4.78, 5) is 14.3. The van der Waals surface area contributed by atoms with Crippen molar-refractivity contribution in [2.45, 2.75) is 19.8 Å². The molecule has 0 heterocycles. The summed E-state index contributed by atoms with van der Waals surface area (Å²) in [5.74, 6) is 0.867. The molecule has 0 saturated heterocycles. The lowest BCUT2D eigenvalue weighted by molar-refractivity contribution is 0.267. The Morgan fingerprint density at radius 2 is 1.45 bits per heavy atom. The average molecular weight is 285 g/mol. The Morgan fingerprint density at radius 3 is 1.90 bits per heavy atom. The maximum atomic E-state index is 12.5. The van der Waals surface area contributed by atoms with E-state index in [4.69, 9.17) is 0 Å². The zero-order valence-corrected chi connectivity index (χ0v) is 12.5. The van der Waals surface area contributed by atoms with Gasteiger partial charge in [-0.2, -0.15) is 0 Å². The van der Waals surface area contributed by atoms with Crippen LogP contribution >= 0.6 is 11.8 Å². The molecule has 2 aromatic carbocycles. The first-order chi connectivity index (χ1) is 9.83. The minimum atomic E-state index is 0.0795. The van der Waals surface area contributed by atoms with Crippen molar-refractivity contribution in [2.75, 3.05) is 10.7 Å². The topological polar surface area (TPSA) is 20.3 Å². The molecule has 0 aliphatic carbocycles. The molecule has 0 saturated carbocycles. The molecular formula is C17H19NOS. The van der Waals surface area contributed by atoms with Gasteiger partial charge in [-0.05, 0) is 30.7 Å². The van der Waals surface area contributed by atoms with Crippen LogP contribution in [0, 0.1) is 0 Å². The van der Waals surface area contributed by atoms with Crippen LogP contribution in [-0.2, 0) is 0 Å². The van der Waals surface area contributed by atoms with E-state index in [1.165, 1.54) is 11.8 Å². The first-order valence-corrected chi connectivity index (χ1v) is 7.88. The number of rotatable bonds is 5. The quantitative estimate of drug-likeness (QED) is 0.678. The number of benzene rings is 2. The van der Waals surface area contributed by atoms with Crippen molar-refractivity contribution in [1.82, 2.24) is 0 Å². The van der Waals surface area contributed by atoms with E-state index in [0.29, 0.717) is 0 Å². The van der Waals surface area contributed by atoms with Crippen LogP contribution in [-0.4, -0.2) is 11.0 Å². The van der Waals surface area contributed by atoms with Crippen LogP contribution in [0.15, 0.2) is 60.7 Å². The van der Waals surface area contributed by atoms with Gasteiger partial charge in [0.2, 0.25) is 0 Å². The maximum absolute atomic E-state index is 12.5. The van der Waals surface area contributed by atoms with Crippen molar-refractivity contribution in [3.05, 3.63) is 60.7 Å². The second-order valence-electron chi connectivity index (χ2n) is 4.47. The monoisotopic (exact) mass is 285 g/mol. The van der Waals surface area contributed by atoms with Crippen LogP contribution in [0.4, 0.5) is 16.2 Å². The third-order valence-corrected chi connectivity index (χ3v) is 3.86. The number of anilines is 2. The number of hydrogen-bond donors (Lipinski definition) is 0. The predicted octanol–water partition coefficient (Wildman–Crippen LogP) is 5.48. The molecule has 0 atom stereocenters. The van der Waals surface area contributed by atoms with E-state index in [0.717, 1.165) is 30.0 Å².